The van der Waals surface area contributed by atoms with E-state index in [0.29, 0.717) is 0 Å². The van der Waals surface area contributed by atoms with Gasteiger partial charge in [-0.05, 0) is 38.2 Å². The first-order chi connectivity index (χ1) is 9.06. The average Bonchev–Trinajstić information content (AvgIpc) is 2.40. The molecular formula is C14H20ClN3O. The molecule has 0 saturated carbocycles. The van der Waals surface area contributed by atoms with Gasteiger partial charge in [0, 0.05) is 37.6 Å². The van der Waals surface area contributed by atoms with Crippen molar-refractivity contribution in [3.8, 4) is 0 Å². The number of hydrogen-bond donors (Lipinski definition) is 1. The highest BCUT2D eigenvalue weighted by molar-refractivity contribution is 6.32. The first kappa shape index (κ1) is 14.2. The second-order valence-electron chi connectivity index (χ2n) is 4.94. The molecule has 1 aliphatic rings. The Kier molecular flexibility index (Phi) is 4.66. The van der Waals surface area contributed by atoms with E-state index in [2.05, 4.69) is 22.2 Å². The van der Waals surface area contributed by atoms with Crippen LogP contribution in [0.15, 0.2) is 24.3 Å². The van der Waals surface area contributed by atoms with Crippen molar-refractivity contribution >= 4 is 28.9 Å². The molecule has 1 atom stereocenters. The molecule has 1 aromatic rings. The van der Waals surface area contributed by atoms with Gasteiger partial charge in [-0.3, -0.25) is 4.79 Å². The van der Waals surface area contributed by atoms with Gasteiger partial charge >= 0.3 is 0 Å². The van der Waals surface area contributed by atoms with Crippen molar-refractivity contribution in [1.29, 1.82) is 0 Å². The van der Waals surface area contributed by atoms with Crippen molar-refractivity contribution in [2.45, 2.75) is 12.3 Å². The van der Waals surface area contributed by atoms with Crippen LogP contribution in [-0.4, -0.2) is 49.4 Å². The fourth-order valence-corrected chi connectivity index (χ4v) is 2.12. The van der Waals surface area contributed by atoms with E-state index in [1.54, 1.807) is 6.92 Å². The first-order valence-electron chi connectivity index (χ1n) is 6.55. The number of benzene rings is 1. The number of carbonyl (C=O) groups is 1. The van der Waals surface area contributed by atoms with E-state index in [0.717, 1.165) is 31.9 Å². The van der Waals surface area contributed by atoms with E-state index in [1.807, 2.05) is 24.3 Å². The monoisotopic (exact) mass is 281 g/mol. The molecular weight excluding hydrogens is 262 g/mol. The molecule has 0 aliphatic carbocycles. The quantitative estimate of drug-likeness (QED) is 0.861. The molecule has 1 aliphatic heterocycles. The zero-order valence-electron chi connectivity index (χ0n) is 11.4. The molecule has 0 spiro atoms. The summed E-state index contributed by atoms with van der Waals surface area (Å²) in [5.74, 6) is -0.172. The van der Waals surface area contributed by atoms with Gasteiger partial charge in [0.2, 0.25) is 5.91 Å². The maximum Gasteiger partial charge on any atom is 0.242 e. The van der Waals surface area contributed by atoms with Crippen LogP contribution in [-0.2, 0) is 4.79 Å². The highest BCUT2D eigenvalue weighted by Gasteiger charge is 2.14. The van der Waals surface area contributed by atoms with Gasteiger partial charge in [0.05, 0.1) is 0 Å². The van der Waals surface area contributed by atoms with Gasteiger partial charge in [0.15, 0.2) is 0 Å². The molecule has 1 amide bonds. The second kappa shape index (κ2) is 6.26. The number of nitrogens with one attached hydrogen (secondary N) is 1. The van der Waals surface area contributed by atoms with Crippen LogP contribution >= 0.6 is 11.6 Å². The van der Waals surface area contributed by atoms with Crippen molar-refractivity contribution in [2.75, 3.05) is 43.4 Å². The maximum absolute atomic E-state index is 11.5. The molecule has 19 heavy (non-hydrogen) atoms. The number of alkyl halides is 1. The fourth-order valence-electron chi connectivity index (χ4n) is 2.06. The van der Waals surface area contributed by atoms with Gasteiger partial charge in [-0.15, -0.1) is 11.6 Å². The molecule has 0 aromatic heterocycles. The topological polar surface area (TPSA) is 35.6 Å². The zero-order valence-corrected chi connectivity index (χ0v) is 12.2. The number of piperazine rings is 1. The summed E-state index contributed by atoms with van der Waals surface area (Å²) in [7, 11) is 2.14. The third kappa shape index (κ3) is 3.85. The number of carbonyl (C=O) groups excluding carboxylic acids is 1. The third-order valence-electron chi connectivity index (χ3n) is 3.36. The van der Waals surface area contributed by atoms with Crippen molar-refractivity contribution < 1.29 is 4.79 Å². The summed E-state index contributed by atoms with van der Waals surface area (Å²) in [6.45, 7) is 5.92. The highest BCUT2D eigenvalue weighted by Crippen LogP contribution is 2.19. The van der Waals surface area contributed by atoms with Crippen LogP contribution < -0.4 is 10.2 Å². The van der Waals surface area contributed by atoms with E-state index in [9.17, 15) is 4.79 Å². The highest BCUT2D eigenvalue weighted by atomic mass is 35.5. The van der Waals surface area contributed by atoms with Gasteiger partial charge in [0.25, 0.3) is 0 Å². The molecule has 1 aromatic carbocycles. The fraction of sp³-hybridized carbons (Fsp3) is 0.500. The summed E-state index contributed by atoms with van der Waals surface area (Å²) in [4.78, 5) is 16.2. The Morgan fingerprint density at radius 2 is 1.79 bits per heavy atom. The Balaban J connectivity index is 1.96. The number of rotatable bonds is 3. The third-order valence-corrected chi connectivity index (χ3v) is 3.56. The van der Waals surface area contributed by atoms with E-state index >= 15 is 0 Å². The molecule has 1 saturated heterocycles. The van der Waals surface area contributed by atoms with Gasteiger partial charge in [-0.25, -0.2) is 0 Å². The molecule has 0 radical (unpaired) electrons. The minimum Gasteiger partial charge on any atom is -0.369 e. The average molecular weight is 282 g/mol. The summed E-state index contributed by atoms with van der Waals surface area (Å²) in [6.07, 6.45) is 0. The molecule has 0 bridgehead atoms. The van der Waals surface area contributed by atoms with E-state index < -0.39 is 5.38 Å². The standard InChI is InChI=1S/C14H20ClN3O/c1-11(15)14(19)16-12-3-5-13(6-4-12)18-9-7-17(2)8-10-18/h3-6,11H,7-10H2,1-2H3,(H,16,19)/t11-/m1/s1. The maximum atomic E-state index is 11.5. The van der Waals surface area contributed by atoms with E-state index in [1.165, 1.54) is 5.69 Å². The zero-order chi connectivity index (χ0) is 13.8. The van der Waals surface area contributed by atoms with E-state index in [-0.39, 0.29) is 5.91 Å². The lowest BCUT2D eigenvalue weighted by Crippen LogP contribution is -2.44. The summed E-state index contributed by atoms with van der Waals surface area (Å²) < 4.78 is 0. The van der Waals surface area contributed by atoms with Gasteiger partial charge < -0.3 is 15.1 Å². The van der Waals surface area contributed by atoms with Crippen molar-refractivity contribution in [3.63, 3.8) is 0 Å². The molecule has 2 rings (SSSR count). The van der Waals surface area contributed by atoms with Crippen LogP contribution in [0.1, 0.15) is 6.92 Å². The molecule has 0 unspecified atom stereocenters. The van der Waals surface area contributed by atoms with Crippen molar-refractivity contribution in [2.24, 2.45) is 0 Å². The minimum atomic E-state index is -0.516. The second-order valence-corrected chi connectivity index (χ2v) is 5.60. The van der Waals surface area contributed by atoms with Crippen molar-refractivity contribution in [1.82, 2.24) is 4.90 Å². The molecule has 1 N–H and O–H groups in total. The van der Waals surface area contributed by atoms with Crippen LogP contribution in [0.2, 0.25) is 0 Å². The number of nitrogens with zero attached hydrogens (tertiary/aromatic N) is 2. The summed E-state index contributed by atoms with van der Waals surface area (Å²) >= 11 is 5.72. The van der Waals surface area contributed by atoms with Crippen LogP contribution in [0.25, 0.3) is 0 Å². The Morgan fingerprint density at radius 3 is 2.32 bits per heavy atom. The van der Waals surface area contributed by atoms with Crippen molar-refractivity contribution in [3.05, 3.63) is 24.3 Å². The van der Waals surface area contributed by atoms with E-state index in [4.69, 9.17) is 11.6 Å². The summed E-state index contributed by atoms with van der Waals surface area (Å²) in [5, 5.41) is 2.26. The number of halogens is 1. The van der Waals surface area contributed by atoms with Crippen LogP contribution in [0, 0.1) is 0 Å². The number of amides is 1. The summed E-state index contributed by atoms with van der Waals surface area (Å²) in [5.41, 5.74) is 1.99. The van der Waals surface area contributed by atoms with Gasteiger partial charge in [-0.2, -0.15) is 0 Å². The number of hydrogen-bond acceptors (Lipinski definition) is 3. The smallest absolute Gasteiger partial charge is 0.242 e. The molecule has 4 nitrogen and oxygen atoms in total. The predicted octanol–water partition coefficient (Wildman–Crippen LogP) is 2.00. The molecule has 1 heterocycles. The number of likely N-dealkylation sites (N-methyl/N-ethyl adjacent to an activating group) is 1. The van der Waals surface area contributed by atoms with Gasteiger partial charge in [0.1, 0.15) is 5.38 Å². The molecule has 1 fully saturated rings. The lowest BCUT2D eigenvalue weighted by atomic mass is 10.2. The lowest BCUT2D eigenvalue weighted by Gasteiger charge is -2.34. The summed E-state index contributed by atoms with van der Waals surface area (Å²) in [6, 6.07) is 7.93. The Hall–Kier alpha value is -1.26. The van der Waals surface area contributed by atoms with Crippen LogP contribution in [0.5, 0.6) is 0 Å². The first-order valence-corrected chi connectivity index (χ1v) is 6.98. The van der Waals surface area contributed by atoms with Gasteiger partial charge in [-0.1, -0.05) is 0 Å². The lowest BCUT2D eigenvalue weighted by molar-refractivity contribution is -0.115. The normalized spacial score (nSPS) is 18.2. The Bertz CT molecular complexity index is 425. The predicted molar refractivity (Wildman–Crippen MR) is 80.1 cm³/mol. The van der Waals surface area contributed by atoms with Crippen LogP contribution in [0.3, 0.4) is 0 Å². The Morgan fingerprint density at radius 1 is 1.21 bits per heavy atom. The van der Waals surface area contributed by atoms with Crippen LogP contribution in [0.4, 0.5) is 11.4 Å². The largest absolute Gasteiger partial charge is 0.369 e. The SMILES string of the molecule is C[C@@H](Cl)C(=O)Nc1ccc(N2CCN(C)CC2)cc1. The molecule has 104 valence electrons. The minimum absolute atomic E-state index is 0.172. The molecule has 5 heteroatoms. The Labute approximate surface area is 119 Å². The number of anilines is 2.